The third kappa shape index (κ3) is 7.45. The lowest BCUT2D eigenvalue weighted by molar-refractivity contribution is -0.0234. The SMILES string of the molecule is C=CCOc1cc(COC2CN(C(=O)OCC[Si](C)(C)C)CCC2c2ccc(F)cc2)cc2ccccc12. The first-order valence-electron chi connectivity index (χ1n) is 13.3. The van der Waals surface area contributed by atoms with Gasteiger partial charge < -0.3 is 19.1 Å². The van der Waals surface area contributed by atoms with Crippen LogP contribution in [0, 0.1) is 5.82 Å². The van der Waals surface area contributed by atoms with E-state index in [2.05, 4.69) is 38.4 Å². The van der Waals surface area contributed by atoms with E-state index in [4.69, 9.17) is 14.2 Å². The van der Waals surface area contributed by atoms with Crippen LogP contribution in [0.5, 0.6) is 5.75 Å². The van der Waals surface area contributed by atoms with Crippen molar-refractivity contribution in [2.24, 2.45) is 0 Å². The highest BCUT2D eigenvalue weighted by atomic mass is 28.3. The molecule has 1 aliphatic heterocycles. The maximum atomic E-state index is 13.6. The van der Waals surface area contributed by atoms with Gasteiger partial charge in [0.25, 0.3) is 0 Å². The number of rotatable bonds is 10. The number of carbonyl (C=O) groups is 1. The van der Waals surface area contributed by atoms with Crippen molar-refractivity contribution in [1.29, 1.82) is 0 Å². The number of amides is 1. The lowest BCUT2D eigenvalue weighted by Gasteiger charge is -2.38. The molecule has 0 saturated carbocycles. The molecule has 1 saturated heterocycles. The molecular formula is C31H38FNO4Si. The smallest absolute Gasteiger partial charge is 0.409 e. The summed E-state index contributed by atoms with van der Waals surface area (Å²) in [4.78, 5) is 14.6. The molecule has 4 rings (SSSR count). The number of benzene rings is 3. The molecule has 3 aromatic rings. The fourth-order valence-corrected chi connectivity index (χ4v) is 5.48. The lowest BCUT2D eigenvalue weighted by Crippen LogP contribution is -2.47. The molecule has 38 heavy (non-hydrogen) atoms. The Balaban J connectivity index is 1.51. The first kappa shape index (κ1) is 27.9. The number of ether oxygens (including phenoxy) is 3. The molecule has 1 amide bonds. The van der Waals surface area contributed by atoms with Crippen LogP contribution in [0.3, 0.4) is 0 Å². The maximum absolute atomic E-state index is 13.6. The summed E-state index contributed by atoms with van der Waals surface area (Å²) in [7, 11) is -1.30. The topological polar surface area (TPSA) is 48.0 Å². The van der Waals surface area contributed by atoms with Crippen LogP contribution in [0.1, 0.15) is 23.5 Å². The Bertz CT molecular complexity index is 1240. The van der Waals surface area contributed by atoms with Gasteiger partial charge in [-0.3, -0.25) is 0 Å². The fraction of sp³-hybridized carbons (Fsp3) is 0.387. The number of halogens is 1. The number of hydrogen-bond donors (Lipinski definition) is 0. The monoisotopic (exact) mass is 535 g/mol. The van der Waals surface area contributed by atoms with Crippen molar-refractivity contribution in [2.45, 2.75) is 50.7 Å². The second-order valence-electron chi connectivity index (χ2n) is 11.1. The van der Waals surface area contributed by atoms with Crippen molar-refractivity contribution in [1.82, 2.24) is 4.90 Å². The zero-order chi connectivity index (χ0) is 27.1. The van der Waals surface area contributed by atoms with E-state index in [0.717, 1.165) is 33.7 Å². The van der Waals surface area contributed by atoms with E-state index < -0.39 is 8.07 Å². The van der Waals surface area contributed by atoms with Crippen LogP contribution < -0.4 is 4.74 Å². The molecule has 0 aromatic heterocycles. The summed E-state index contributed by atoms with van der Waals surface area (Å²) < 4.78 is 31.7. The van der Waals surface area contributed by atoms with Crippen LogP contribution in [0.15, 0.2) is 73.3 Å². The average Bonchev–Trinajstić information content (AvgIpc) is 2.90. The second kappa shape index (κ2) is 12.6. The Morgan fingerprint density at radius 3 is 2.63 bits per heavy atom. The molecule has 202 valence electrons. The summed E-state index contributed by atoms with van der Waals surface area (Å²) in [6, 6.07) is 19.7. The van der Waals surface area contributed by atoms with Gasteiger partial charge in [-0.25, -0.2) is 9.18 Å². The number of carbonyl (C=O) groups excluding carboxylic acids is 1. The number of likely N-dealkylation sites (tertiary alicyclic amines) is 1. The Labute approximate surface area is 226 Å². The molecule has 0 radical (unpaired) electrons. The highest BCUT2D eigenvalue weighted by molar-refractivity contribution is 6.76. The summed E-state index contributed by atoms with van der Waals surface area (Å²) >= 11 is 0. The van der Waals surface area contributed by atoms with Crippen molar-refractivity contribution in [2.75, 3.05) is 26.3 Å². The number of piperidine rings is 1. The van der Waals surface area contributed by atoms with E-state index >= 15 is 0 Å². The summed E-state index contributed by atoms with van der Waals surface area (Å²) in [5, 5.41) is 2.10. The highest BCUT2D eigenvalue weighted by Gasteiger charge is 2.34. The predicted octanol–water partition coefficient (Wildman–Crippen LogP) is 7.39. The first-order chi connectivity index (χ1) is 18.2. The molecule has 1 heterocycles. The third-order valence-electron chi connectivity index (χ3n) is 6.90. The van der Waals surface area contributed by atoms with Crippen LogP contribution in [-0.2, 0) is 16.1 Å². The van der Waals surface area contributed by atoms with Crippen molar-refractivity contribution in [3.05, 3.63) is 90.3 Å². The summed E-state index contributed by atoms with van der Waals surface area (Å²) in [5.74, 6) is 0.560. The van der Waals surface area contributed by atoms with Gasteiger partial charge in [0.2, 0.25) is 0 Å². The van der Waals surface area contributed by atoms with E-state index in [0.29, 0.717) is 39.3 Å². The van der Waals surface area contributed by atoms with Gasteiger partial charge in [-0.05, 0) is 53.2 Å². The molecule has 1 aliphatic rings. The molecule has 0 bridgehead atoms. The quantitative estimate of drug-likeness (QED) is 0.201. The molecule has 0 aliphatic carbocycles. The normalized spacial score (nSPS) is 17.8. The fourth-order valence-electron chi connectivity index (χ4n) is 4.77. The minimum absolute atomic E-state index is 0.0403. The highest BCUT2D eigenvalue weighted by Crippen LogP contribution is 2.33. The van der Waals surface area contributed by atoms with Gasteiger partial charge in [0, 0.05) is 25.9 Å². The molecule has 1 fully saturated rings. The summed E-state index contributed by atoms with van der Waals surface area (Å²) in [6.07, 6.45) is 1.89. The van der Waals surface area contributed by atoms with Crippen LogP contribution in [0.2, 0.25) is 25.7 Å². The average molecular weight is 536 g/mol. The molecule has 0 spiro atoms. The molecular weight excluding hydrogens is 497 g/mol. The minimum atomic E-state index is -1.30. The summed E-state index contributed by atoms with van der Waals surface area (Å²) in [5.41, 5.74) is 1.99. The van der Waals surface area contributed by atoms with Crippen LogP contribution in [0.25, 0.3) is 10.8 Å². The molecule has 2 atom stereocenters. The van der Waals surface area contributed by atoms with Gasteiger partial charge in [-0.15, -0.1) is 0 Å². The molecule has 7 heteroatoms. The number of nitrogens with zero attached hydrogens (tertiary/aromatic N) is 1. The van der Waals surface area contributed by atoms with Crippen molar-refractivity contribution < 1.29 is 23.4 Å². The molecule has 5 nitrogen and oxygen atoms in total. The van der Waals surface area contributed by atoms with Crippen LogP contribution in [0.4, 0.5) is 9.18 Å². The van der Waals surface area contributed by atoms with Gasteiger partial charge in [-0.1, -0.05) is 68.7 Å². The van der Waals surface area contributed by atoms with Crippen LogP contribution >= 0.6 is 0 Å². The Morgan fingerprint density at radius 1 is 1.13 bits per heavy atom. The number of hydrogen-bond acceptors (Lipinski definition) is 4. The van der Waals surface area contributed by atoms with Crippen molar-refractivity contribution in [3.8, 4) is 5.75 Å². The van der Waals surface area contributed by atoms with Crippen LogP contribution in [-0.4, -0.2) is 51.5 Å². The van der Waals surface area contributed by atoms with Gasteiger partial charge in [0.1, 0.15) is 18.2 Å². The maximum Gasteiger partial charge on any atom is 0.409 e. The van der Waals surface area contributed by atoms with Gasteiger partial charge in [-0.2, -0.15) is 0 Å². The first-order valence-corrected chi connectivity index (χ1v) is 17.0. The Kier molecular flexibility index (Phi) is 9.23. The van der Waals surface area contributed by atoms with Gasteiger partial charge >= 0.3 is 6.09 Å². The van der Waals surface area contributed by atoms with E-state index in [1.165, 1.54) is 12.1 Å². The molecule has 3 aromatic carbocycles. The molecule has 0 N–H and O–H groups in total. The minimum Gasteiger partial charge on any atom is -0.489 e. The van der Waals surface area contributed by atoms with E-state index in [1.807, 2.05) is 36.4 Å². The van der Waals surface area contributed by atoms with Gasteiger partial charge in [0.15, 0.2) is 0 Å². The standard InChI is InChI=1S/C31H38FNO4Si/c1-5-16-35-29-20-23(19-25-8-6-7-9-27(25)29)22-37-30-21-33(31(34)36-17-18-38(2,3)4)15-14-28(30)24-10-12-26(32)13-11-24/h5-13,19-20,28,30H,1,14-18,21-22H2,2-4H3. The zero-order valence-electron chi connectivity index (χ0n) is 22.6. The third-order valence-corrected chi connectivity index (χ3v) is 8.60. The number of fused-ring (bicyclic) bond motifs is 1. The second-order valence-corrected chi connectivity index (χ2v) is 16.7. The largest absolute Gasteiger partial charge is 0.489 e. The molecule has 2 unspecified atom stereocenters. The Hall–Kier alpha value is -3.16. The Morgan fingerprint density at radius 2 is 1.89 bits per heavy atom. The predicted molar refractivity (Wildman–Crippen MR) is 153 cm³/mol. The van der Waals surface area contributed by atoms with Gasteiger partial charge in [0.05, 0.1) is 25.9 Å². The zero-order valence-corrected chi connectivity index (χ0v) is 23.6. The summed E-state index contributed by atoms with van der Waals surface area (Å²) in [6.45, 7) is 12.8. The van der Waals surface area contributed by atoms with Crippen molar-refractivity contribution in [3.63, 3.8) is 0 Å². The van der Waals surface area contributed by atoms with E-state index in [1.54, 1.807) is 11.0 Å². The lowest BCUT2D eigenvalue weighted by atomic mass is 9.87. The van der Waals surface area contributed by atoms with E-state index in [9.17, 15) is 9.18 Å². The van der Waals surface area contributed by atoms with Crippen molar-refractivity contribution >= 4 is 24.9 Å². The van der Waals surface area contributed by atoms with E-state index in [-0.39, 0.29) is 23.9 Å².